The van der Waals surface area contributed by atoms with Crippen molar-refractivity contribution in [3.63, 3.8) is 0 Å². The Morgan fingerprint density at radius 2 is 2.44 bits per heavy atom. The maximum atomic E-state index is 12.0. The van der Waals surface area contributed by atoms with Crippen molar-refractivity contribution in [1.82, 2.24) is 9.36 Å². The van der Waals surface area contributed by atoms with Crippen molar-refractivity contribution in [2.24, 2.45) is 17.6 Å². The Bertz CT molecular complexity index is 379. The smallest absolute Gasteiger partial charge is 0.229 e. The van der Waals surface area contributed by atoms with E-state index in [0.29, 0.717) is 23.4 Å². The minimum Gasteiger partial charge on any atom is -0.330 e. The molecule has 2 unspecified atom stereocenters. The third kappa shape index (κ3) is 2.38. The molecule has 2 atom stereocenters. The van der Waals surface area contributed by atoms with Gasteiger partial charge in [-0.3, -0.25) is 4.79 Å². The van der Waals surface area contributed by atoms with Gasteiger partial charge in [0.2, 0.25) is 11.0 Å². The SMILES string of the molecule is Cc1nsc(NC(=O)C2CCCC2CN)n1. The average Bonchev–Trinajstić information content (AvgIpc) is 2.86. The molecule has 0 spiro atoms. The number of anilines is 1. The first-order valence-electron chi connectivity index (χ1n) is 5.52. The van der Waals surface area contributed by atoms with Crippen LogP contribution in [0, 0.1) is 18.8 Å². The monoisotopic (exact) mass is 240 g/mol. The van der Waals surface area contributed by atoms with Crippen molar-refractivity contribution in [3.8, 4) is 0 Å². The summed E-state index contributed by atoms with van der Waals surface area (Å²) in [6.45, 7) is 2.40. The molecule has 16 heavy (non-hydrogen) atoms. The maximum absolute atomic E-state index is 12.0. The predicted octanol–water partition coefficient (Wildman–Crippen LogP) is 1.16. The van der Waals surface area contributed by atoms with Gasteiger partial charge in [-0.25, -0.2) is 4.98 Å². The summed E-state index contributed by atoms with van der Waals surface area (Å²) in [4.78, 5) is 16.1. The average molecular weight is 240 g/mol. The molecule has 0 aromatic carbocycles. The number of hydrogen-bond donors (Lipinski definition) is 2. The van der Waals surface area contributed by atoms with E-state index >= 15 is 0 Å². The van der Waals surface area contributed by atoms with Crippen LogP contribution in [0.1, 0.15) is 25.1 Å². The van der Waals surface area contributed by atoms with Gasteiger partial charge in [0.1, 0.15) is 5.82 Å². The number of hydrogen-bond acceptors (Lipinski definition) is 5. The largest absolute Gasteiger partial charge is 0.330 e. The number of nitrogens with two attached hydrogens (primary N) is 1. The second-order valence-corrected chi connectivity index (χ2v) is 4.92. The molecule has 0 bridgehead atoms. The maximum Gasteiger partial charge on any atom is 0.229 e. The first-order chi connectivity index (χ1) is 7.70. The number of carbonyl (C=O) groups is 1. The molecule has 0 saturated heterocycles. The molecule has 1 aromatic heterocycles. The molecule has 88 valence electrons. The van der Waals surface area contributed by atoms with Gasteiger partial charge in [-0.2, -0.15) is 4.37 Å². The third-order valence-corrected chi connectivity index (χ3v) is 3.78. The van der Waals surface area contributed by atoms with Gasteiger partial charge < -0.3 is 11.1 Å². The third-order valence-electron chi connectivity index (χ3n) is 3.06. The van der Waals surface area contributed by atoms with Gasteiger partial charge in [0.05, 0.1) is 0 Å². The number of rotatable bonds is 3. The van der Waals surface area contributed by atoms with E-state index in [1.807, 2.05) is 6.92 Å². The first kappa shape index (κ1) is 11.5. The summed E-state index contributed by atoms with van der Waals surface area (Å²) in [6.07, 6.45) is 3.09. The van der Waals surface area contributed by atoms with Gasteiger partial charge in [0.15, 0.2) is 0 Å². The lowest BCUT2D eigenvalue weighted by Gasteiger charge is -2.15. The Morgan fingerprint density at radius 3 is 3.06 bits per heavy atom. The van der Waals surface area contributed by atoms with E-state index in [1.165, 1.54) is 11.5 Å². The van der Waals surface area contributed by atoms with E-state index in [1.54, 1.807) is 0 Å². The molecule has 0 radical (unpaired) electrons. The fraction of sp³-hybridized carbons (Fsp3) is 0.700. The van der Waals surface area contributed by atoms with Crippen LogP contribution in [0.4, 0.5) is 5.13 Å². The number of nitrogens with one attached hydrogen (secondary N) is 1. The highest BCUT2D eigenvalue weighted by Crippen LogP contribution is 2.31. The van der Waals surface area contributed by atoms with Gasteiger partial charge in [0, 0.05) is 17.5 Å². The Balaban J connectivity index is 1.97. The summed E-state index contributed by atoms with van der Waals surface area (Å²) in [6, 6.07) is 0. The van der Waals surface area contributed by atoms with Crippen LogP contribution in [0.2, 0.25) is 0 Å². The molecule has 0 aliphatic heterocycles. The van der Waals surface area contributed by atoms with Gasteiger partial charge >= 0.3 is 0 Å². The second-order valence-electron chi connectivity index (χ2n) is 4.17. The Hall–Kier alpha value is -1.01. The molecule has 1 aliphatic rings. The quantitative estimate of drug-likeness (QED) is 0.830. The van der Waals surface area contributed by atoms with E-state index in [9.17, 15) is 4.79 Å². The Morgan fingerprint density at radius 1 is 1.62 bits per heavy atom. The summed E-state index contributed by atoms with van der Waals surface area (Å²) >= 11 is 1.22. The van der Waals surface area contributed by atoms with Crippen molar-refractivity contribution in [3.05, 3.63) is 5.82 Å². The van der Waals surface area contributed by atoms with E-state index in [0.717, 1.165) is 19.3 Å². The van der Waals surface area contributed by atoms with Crippen LogP contribution in [0.3, 0.4) is 0 Å². The fourth-order valence-corrected chi connectivity index (χ4v) is 2.79. The second kappa shape index (κ2) is 4.88. The summed E-state index contributed by atoms with van der Waals surface area (Å²) in [5, 5.41) is 3.41. The van der Waals surface area contributed by atoms with Gasteiger partial charge in [-0.15, -0.1) is 0 Å². The molecule has 1 saturated carbocycles. The molecule has 1 heterocycles. The molecular weight excluding hydrogens is 224 g/mol. The van der Waals surface area contributed by atoms with Gasteiger partial charge in [0.25, 0.3) is 0 Å². The summed E-state index contributed by atoms with van der Waals surface area (Å²) < 4.78 is 4.03. The Labute approximate surface area is 98.6 Å². The number of aryl methyl sites for hydroxylation is 1. The first-order valence-corrected chi connectivity index (χ1v) is 6.29. The lowest BCUT2D eigenvalue weighted by Crippen LogP contribution is -2.29. The van der Waals surface area contributed by atoms with Crippen LogP contribution in [0.5, 0.6) is 0 Å². The highest BCUT2D eigenvalue weighted by atomic mass is 32.1. The van der Waals surface area contributed by atoms with E-state index < -0.39 is 0 Å². The van der Waals surface area contributed by atoms with Gasteiger partial charge in [-0.1, -0.05) is 6.42 Å². The van der Waals surface area contributed by atoms with Crippen LogP contribution in [0.25, 0.3) is 0 Å². The fourth-order valence-electron chi connectivity index (χ4n) is 2.21. The Kier molecular flexibility index (Phi) is 3.50. The zero-order valence-corrected chi connectivity index (χ0v) is 10.1. The minimum absolute atomic E-state index is 0.0455. The topological polar surface area (TPSA) is 80.9 Å². The van der Waals surface area contributed by atoms with Gasteiger partial charge in [-0.05, 0) is 32.2 Å². The van der Waals surface area contributed by atoms with Crippen molar-refractivity contribution in [2.75, 3.05) is 11.9 Å². The predicted molar refractivity (Wildman–Crippen MR) is 63.2 cm³/mol. The van der Waals surface area contributed by atoms with Crippen molar-refractivity contribution in [2.45, 2.75) is 26.2 Å². The summed E-state index contributed by atoms with van der Waals surface area (Å²) in [7, 11) is 0. The molecule has 6 heteroatoms. The number of amides is 1. The zero-order chi connectivity index (χ0) is 11.5. The van der Waals surface area contributed by atoms with Crippen LogP contribution in [-0.2, 0) is 4.79 Å². The van der Waals surface area contributed by atoms with Crippen molar-refractivity contribution in [1.29, 1.82) is 0 Å². The molecular formula is C10H16N4OS. The molecule has 1 aliphatic carbocycles. The standard InChI is InChI=1S/C10H16N4OS/c1-6-12-10(16-14-6)13-9(15)8-4-2-3-7(8)5-11/h7-8H,2-5,11H2,1H3,(H,12,13,14,15). The molecule has 2 rings (SSSR count). The molecule has 3 N–H and O–H groups in total. The normalized spacial score (nSPS) is 24.6. The van der Waals surface area contributed by atoms with Crippen LogP contribution in [0.15, 0.2) is 0 Å². The number of nitrogens with zero attached hydrogens (tertiary/aromatic N) is 2. The van der Waals surface area contributed by atoms with Crippen LogP contribution >= 0.6 is 11.5 Å². The highest BCUT2D eigenvalue weighted by Gasteiger charge is 2.32. The van der Waals surface area contributed by atoms with Crippen LogP contribution < -0.4 is 11.1 Å². The number of aromatic nitrogens is 2. The molecule has 5 nitrogen and oxygen atoms in total. The van der Waals surface area contributed by atoms with Crippen molar-refractivity contribution >= 4 is 22.6 Å². The molecule has 1 fully saturated rings. The molecule has 1 aromatic rings. The van der Waals surface area contributed by atoms with E-state index in [-0.39, 0.29) is 11.8 Å². The highest BCUT2D eigenvalue weighted by molar-refractivity contribution is 7.09. The number of carbonyl (C=O) groups excluding carboxylic acids is 1. The lowest BCUT2D eigenvalue weighted by molar-refractivity contribution is -0.120. The van der Waals surface area contributed by atoms with E-state index in [2.05, 4.69) is 14.7 Å². The summed E-state index contributed by atoms with van der Waals surface area (Å²) in [5.74, 6) is 1.12. The minimum atomic E-state index is 0.0455. The zero-order valence-electron chi connectivity index (χ0n) is 9.27. The van der Waals surface area contributed by atoms with E-state index in [4.69, 9.17) is 5.73 Å². The van der Waals surface area contributed by atoms with Crippen LogP contribution in [-0.4, -0.2) is 21.8 Å². The summed E-state index contributed by atoms with van der Waals surface area (Å²) in [5.41, 5.74) is 5.65. The molecule has 1 amide bonds. The van der Waals surface area contributed by atoms with Crippen molar-refractivity contribution < 1.29 is 4.79 Å². The lowest BCUT2D eigenvalue weighted by atomic mass is 9.95.